The molecule has 19 nitrogen and oxygen atoms in total. The van der Waals surface area contributed by atoms with Gasteiger partial charge >= 0.3 is 30.0 Å². The van der Waals surface area contributed by atoms with E-state index in [2.05, 4.69) is 51.3 Å². The molecule has 1 saturated heterocycles. The van der Waals surface area contributed by atoms with Crippen molar-refractivity contribution in [3.8, 4) is 0 Å². The molecule has 5 saturated carbocycles. The Morgan fingerprint density at radius 2 is 1.54 bits per heavy atom. The summed E-state index contributed by atoms with van der Waals surface area (Å²) in [7, 11) is 2.78. The van der Waals surface area contributed by atoms with Crippen molar-refractivity contribution in [3.63, 3.8) is 0 Å². The summed E-state index contributed by atoms with van der Waals surface area (Å²) in [5.41, 5.74) is -5.41. The second kappa shape index (κ2) is 28.3. The maximum Gasteiger partial charge on any atom is 0.408 e. The van der Waals surface area contributed by atoms with Gasteiger partial charge in [-0.15, -0.1) is 0 Å². The number of ketones is 1. The van der Waals surface area contributed by atoms with E-state index in [4.69, 9.17) is 42.6 Å². The highest BCUT2D eigenvalue weighted by Gasteiger charge is 2.78. The summed E-state index contributed by atoms with van der Waals surface area (Å²) in [5.74, 6) is -1.85. The first-order valence-electron chi connectivity index (χ1n) is 35.4. The predicted octanol–water partition coefficient (Wildman–Crippen LogP) is 12.1. The number of aliphatic hydroxyl groups is 1. The third kappa shape index (κ3) is 13.6. The van der Waals surface area contributed by atoms with E-state index in [0.29, 0.717) is 22.8 Å². The van der Waals surface area contributed by atoms with Crippen molar-refractivity contribution in [2.45, 2.75) is 245 Å². The number of Topliss-reactive ketones (excluding diaryl/α,β-unsaturated/α-hetero) is 1. The lowest BCUT2D eigenvalue weighted by Gasteiger charge is -2.67. The molecule has 528 valence electrons. The molecule has 2 amide bonds. The van der Waals surface area contributed by atoms with E-state index in [1.165, 1.54) is 83.8 Å². The van der Waals surface area contributed by atoms with Crippen LogP contribution in [0.4, 0.5) is 4.79 Å². The van der Waals surface area contributed by atoms with Crippen LogP contribution < -0.4 is 10.6 Å². The summed E-state index contributed by atoms with van der Waals surface area (Å²) >= 11 is 0. The van der Waals surface area contributed by atoms with Gasteiger partial charge in [-0.2, -0.15) is 0 Å². The van der Waals surface area contributed by atoms with Crippen LogP contribution in [0.3, 0.4) is 0 Å². The van der Waals surface area contributed by atoms with E-state index in [0.717, 1.165) is 49.4 Å². The van der Waals surface area contributed by atoms with E-state index >= 15 is 9.59 Å². The van der Waals surface area contributed by atoms with Gasteiger partial charge in [-0.25, -0.2) is 14.4 Å². The van der Waals surface area contributed by atoms with Crippen LogP contribution in [0.5, 0.6) is 0 Å². The number of hydrogen-bond acceptors (Lipinski definition) is 17. The third-order valence-corrected chi connectivity index (χ3v) is 24.6. The first-order chi connectivity index (χ1) is 45.3. The maximum atomic E-state index is 16.0. The summed E-state index contributed by atoms with van der Waals surface area (Å²) < 4.78 is 56.2. The zero-order valence-electron chi connectivity index (χ0n) is 59.5. The Morgan fingerprint density at radius 3 is 2.18 bits per heavy atom. The minimum absolute atomic E-state index is 0.0496. The second-order valence-electron chi connectivity index (χ2n) is 32.0. The molecule has 19 heteroatoms. The number of benzene rings is 2. The molecule has 1 aliphatic heterocycles. The molecule has 19 atom stereocenters. The normalized spacial score (nSPS) is 35.2. The van der Waals surface area contributed by atoms with Crippen LogP contribution in [0.25, 0.3) is 0 Å². The molecule has 3 N–H and O–H groups in total. The van der Waals surface area contributed by atoms with Gasteiger partial charge in [-0.1, -0.05) is 128 Å². The number of allylic oxidation sites excluding steroid dienone is 1. The molecule has 0 spiro atoms. The average Bonchev–Trinajstić information content (AvgIpc) is 0.749. The van der Waals surface area contributed by atoms with E-state index in [1.54, 1.807) is 97.0 Å². The number of fused-ring (bicyclic) bond motifs is 10. The van der Waals surface area contributed by atoms with Crippen molar-refractivity contribution in [1.82, 2.24) is 10.6 Å². The summed E-state index contributed by atoms with van der Waals surface area (Å²) in [6.45, 7) is 24.4. The maximum absolute atomic E-state index is 16.0. The van der Waals surface area contributed by atoms with Crippen molar-refractivity contribution >= 4 is 41.7 Å². The van der Waals surface area contributed by atoms with E-state index in [9.17, 15) is 29.1 Å². The van der Waals surface area contributed by atoms with Crippen molar-refractivity contribution in [2.24, 2.45) is 63.1 Å². The fourth-order valence-electron chi connectivity index (χ4n) is 19.7. The van der Waals surface area contributed by atoms with Gasteiger partial charge in [-0.05, 0) is 161 Å². The molecule has 2 aromatic rings. The molecule has 2 aromatic carbocycles. The topological polar surface area (TPSA) is 247 Å². The zero-order valence-corrected chi connectivity index (χ0v) is 59.5. The Morgan fingerprint density at radius 1 is 0.844 bits per heavy atom. The van der Waals surface area contributed by atoms with Gasteiger partial charge in [-0.3, -0.25) is 19.2 Å². The van der Waals surface area contributed by atoms with Gasteiger partial charge < -0.3 is 58.4 Å². The molecule has 10 rings (SSSR count). The quantitative estimate of drug-likeness (QED) is 0.0563. The number of nitrogens with one attached hydrogen (secondary N) is 2. The van der Waals surface area contributed by atoms with Crippen molar-refractivity contribution in [1.29, 1.82) is 0 Å². The third-order valence-electron chi connectivity index (χ3n) is 24.6. The first kappa shape index (κ1) is 72.7. The second-order valence-corrected chi connectivity index (χ2v) is 32.0. The van der Waals surface area contributed by atoms with Crippen LogP contribution >= 0.6 is 0 Å². The molecule has 96 heavy (non-hydrogen) atoms. The van der Waals surface area contributed by atoms with Gasteiger partial charge in [0.15, 0.2) is 11.4 Å². The molecule has 8 aliphatic rings. The van der Waals surface area contributed by atoms with Crippen LogP contribution in [-0.4, -0.2) is 140 Å². The van der Waals surface area contributed by atoms with Gasteiger partial charge in [0.2, 0.25) is 12.0 Å². The van der Waals surface area contributed by atoms with Gasteiger partial charge in [0, 0.05) is 45.8 Å². The Balaban J connectivity index is 0.882. The van der Waals surface area contributed by atoms with Crippen molar-refractivity contribution in [3.05, 3.63) is 94.6 Å². The number of hydrogen-bond donors (Lipinski definition) is 3. The lowest BCUT2D eigenvalue weighted by molar-refractivity contribution is -0.347. The van der Waals surface area contributed by atoms with Crippen LogP contribution in [0.15, 0.2) is 83.5 Å². The minimum Gasteiger partial charge on any atom is -0.455 e. The SMILES string of the molecule is CO[C@H]1C(=O)[C@]2(C)[C@@H](OC)C[C@H]3OC[C@@]3(OC(C)=O)[C@H]2[C@H](OC(=O)c2ccccc2)[C@]2(O)C[C@H](OC(=O)[C@H](OC(=O)CNC(=O)CCO[C@H]3CC[C@@]4(C)C(=CCC5C4CC[C@@]4(C)C5CC[C@@H]4[C@H](C)CCCC(C)C)C3)[C@@H](NC(=O)OC(C)(C)C)c3ccccc3)C(C)=C1C2(C)C. The van der Waals surface area contributed by atoms with E-state index in [-0.39, 0.29) is 54.3 Å². The number of rotatable bonds is 22. The van der Waals surface area contributed by atoms with Crippen molar-refractivity contribution < 1.29 is 81.3 Å². The molecule has 7 aliphatic carbocycles. The molecular weight excluding hydrogens is 1220 g/mol. The summed E-state index contributed by atoms with van der Waals surface area (Å²) in [6, 6.07) is 14.9. The predicted molar refractivity (Wildman–Crippen MR) is 357 cm³/mol. The van der Waals surface area contributed by atoms with Crippen molar-refractivity contribution in [2.75, 3.05) is 34.0 Å². The van der Waals surface area contributed by atoms with Gasteiger partial charge in [0.1, 0.15) is 48.2 Å². The fourth-order valence-corrected chi connectivity index (χ4v) is 19.7. The highest BCUT2D eigenvalue weighted by Crippen LogP contribution is 2.69. The number of alkyl carbamates (subject to hydrolysis) is 1. The number of esters is 4. The highest BCUT2D eigenvalue weighted by atomic mass is 16.6. The lowest BCUT2D eigenvalue weighted by Crippen LogP contribution is -2.82. The zero-order chi connectivity index (χ0) is 69.7. The summed E-state index contributed by atoms with van der Waals surface area (Å²) in [4.78, 5) is 102. The Labute approximate surface area is 568 Å². The molecule has 0 aromatic heterocycles. The molecule has 6 fully saturated rings. The number of methoxy groups -OCH3 is 2. The molecule has 3 unspecified atom stereocenters. The number of carbonyl (C=O) groups is 7. The molecule has 0 radical (unpaired) electrons. The lowest BCUT2D eigenvalue weighted by atomic mass is 9.44. The number of amides is 2. The van der Waals surface area contributed by atoms with Crippen LogP contribution in [-0.2, 0) is 66.6 Å². The highest BCUT2D eigenvalue weighted by molar-refractivity contribution is 5.94. The molecule has 2 bridgehead atoms. The standard InChI is InChI=1S/C77H108N2O17/c1-44(2)23-22-24-45(3)53-31-32-54-52-30-29-50-39-51(33-36-73(50,11)55(52)34-37-74(53,54)12)90-38-35-59(81)78-42-60(82)93-64(62(48-25-18-16-19-26-48)79-70(86)96-71(6,7)8)69(85)92-56-41-77(87)67(94-68(84)49-27-20-17-21-28-49)65-75(13,66(83)63(89-15)61(46(56)4)72(77,9)10)57(88-14)40-58-76(65,43-91-58)95-47(5)80/h16-21,25-29,44-45,51-58,62-65,67,87H,22-24,30-43H2,1-15H3,(H,78,81)(H,79,86)/t45-,51+,52?,53-,54?,55?,56+,57+,58-,62+,63-,64-,65+,67+,73+,74-,75-,76+,77-/m1/s1. The average molecular weight is 1330 g/mol. The largest absolute Gasteiger partial charge is 0.455 e. The summed E-state index contributed by atoms with van der Waals surface area (Å²) in [6.07, 6.45) is 5.58. The Kier molecular flexibility index (Phi) is 21.5. The van der Waals surface area contributed by atoms with E-state index < -0.39 is 131 Å². The van der Waals surface area contributed by atoms with Gasteiger partial charge in [0.05, 0.1) is 42.3 Å². The molecule has 1 heterocycles. The van der Waals surface area contributed by atoms with Crippen LogP contribution in [0.1, 0.15) is 202 Å². The van der Waals surface area contributed by atoms with E-state index in [1.807, 2.05) is 0 Å². The van der Waals surface area contributed by atoms with Crippen LogP contribution in [0.2, 0.25) is 0 Å². The number of ether oxygens (including phenoxy) is 9. The Bertz CT molecular complexity index is 3270. The minimum atomic E-state index is -2.34. The smallest absolute Gasteiger partial charge is 0.408 e. The monoisotopic (exact) mass is 1330 g/mol. The molecular formula is C77H108N2O17. The summed E-state index contributed by atoms with van der Waals surface area (Å²) in [5, 5.41) is 19.6. The fraction of sp³-hybridized carbons (Fsp3) is 0.701. The first-order valence-corrected chi connectivity index (χ1v) is 35.4. The van der Waals surface area contributed by atoms with Gasteiger partial charge in [0.25, 0.3) is 0 Å². The Hall–Kier alpha value is -5.99. The van der Waals surface area contributed by atoms with Crippen LogP contribution in [0, 0.1) is 63.1 Å². The number of carbonyl (C=O) groups excluding carboxylic acids is 7.